The lowest BCUT2D eigenvalue weighted by molar-refractivity contribution is 0.0948. The van der Waals surface area contributed by atoms with Crippen LogP contribution in [0.1, 0.15) is 21.7 Å². The van der Waals surface area contributed by atoms with Crippen LogP contribution in [0.3, 0.4) is 0 Å². The molecule has 0 atom stereocenters. The minimum absolute atomic E-state index is 0.295. The van der Waals surface area contributed by atoms with Crippen molar-refractivity contribution in [3.63, 3.8) is 0 Å². The molecule has 0 aliphatic carbocycles. The number of halogens is 1. The number of nitrogens with one attached hydrogen (secondary N) is 1. The molecule has 1 aromatic carbocycles. The second-order valence-corrected chi connectivity index (χ2v) is 5.66. The van der Waals surface area contributed by atoms with E-state index in [-0.39, 0.29) is 5.91 Å². The summed E-state index contributed by atoms with van der Waals surface area (Å²) >= 11 is 7.36. The lowest BCUT2D eigenvalue weighted by Crippen LogP contribution is -2.20. The number of hydrogen-bond donors (Lipinski definition) is 1. The van der Waals surface area contributed by atoms with E-state index in [0.717, 1.165) is 10.5 Å². The molecule has 2 heterocycles. The molecule has 3 aromatic rings. The summed E-state index contributed by atoms with van der Waals surface area (Å²) < 4.78 is 1.75. The van der Waals surface area contributed by atoms with Crippen molar-refractivity contribution in [2.45, 2.75) is 6.92 Å². The summed E-state index contributed by atoms with van der Waals surface area (Å²) in [5.41, 5.74) is 4.49. The molecule has 1 amide bonds. The molecule has 106 valence electrons. The summed E-state index contributed by atoms with van der Waals surface area (Å²) in [5.74, 6) is -0.295. The molecule has 1 N–H and O–H groups in total. The minimum atomic E-state index is -0.295. The fourth-order valence-electron chi connectivity index (χ4n) is 1.97. The number of carbonyl (C=O) groups is 1. The zero-order valence-corrected chi connectivity index (χ0v) is 12.6. The van der Waals surface area contributed by atoms with Crippen LogP contribution in [-0.2, 0) is 0 Å². The molecular weight excluding hydrogens is 308 g/mol. The highest BCUT2D eigenvalue weighted by Gasteiger charge is 2.16. The van der Waals surface area contributed by atoms with E-state index in [9.17, 15) is 4.79 Å². The van der Waals surface area contributed by atoms with Gasteiger partial charge < -0.3 is 0 Å². The molecule has 7 heteroatoms. The summed E-state index contributed by atoms with van der Waals surface area (Å²) in [7, 11) is 0. The van der Waals surface area contributed by atoms with Gasteiger partial charge in [0.2, 0.25) is 0 Å². The third kappa shape index (κ3) is 2.81. The monoisotopic (exact) mass is 318 g/mol. The van der Waals surface area contributed by atoms with Crippen LogP contribution < -0.4 is 5.43 Å². The van der Waals surface area contributed by atoms with Crippen molar-refractivity contribution in [2.75, 3.05) is 0 Å². The molecule has 0 aliphatic rings. The minimum Gasteiger partial charge on any atom is -0.286 e. The van der Waals surface area contributed by atoms with E-state index in [4.69, 9.17) is 11.6 Å². The third-order valence-corrected chi connectivity index (χ3v) is 3.87. The summed E-state index contributed by atoms with van der Waals surface area (Å²) in [4.78, 5) is 17.3. The quantitative estimate of drug-likeness (QED) is 0.596. The first-order valence-corrected chi connectivity index (χ1v) is 7.42. The number of rotatable bonds is 3. The van der Waals surface area contributed by atoms with Gasteiger partial charge in [-0.1, -0.05) is 23.7 Å². The Hall–Kier alpha value is -2.18. The number of fused-ring (bicyclic) bond motifs is 1. The number of aryl methyl sites for hydroxylation is 1. The van der Waals surface area contributed by atoms with Gasteiger partial charge in [0, 0.05) is 16.6 Å². The largest absolute Gasteiger partial charge is 0.290 e. The highest BCUT2D eigenvalue weighted by Crippen LogP contribution is 2.16. The zero-order chi connectivity index (χ0) is 14.8. The molecule has 0 bridgehead atoms. The van der Waals surface area contributed by atoms with E-state index < -0.39 is 0 Å². The number of imidazole rings is 1. The second kappa shape index (κ2) is 5.67. The zero-order valence-electron chi connectivity index (χ0n) is 11.1. The van der Waals surface area contributed by atoms with Gasteiger partial charge >= 0.3 is 0 Å². The van der Waals surface area contributed by atoms with E-state index >= 15 is 0 Å². The molecule has 21 heavy (non-hydrogen) atoms. The van der Waals surface area contributed by atoms with Crippen LogP contribution >= 0.6 is 22.9 Å². The summed E-state index contributed by atoms with van der Waals surface area (Å²) in [6.45, 7) is 1.80. The van der Waals surface area contributed by atoms with Crippen molar-refractivity contribution in [1.82, 2.24) is 14.8 Å². The van der Waals surface area contributed by atoms with Crippen LogP contribution in [0.15, 0.2) is 40.9 Å². The van der Waals surface area contributed by atoms with Crippen LogP contribution in [0, 0.1) is 6.92 Å². The molecule has 0 fully saturated rings. The van der Waals surface area contributed by atoms with Gasteiger partial charge in [-0.05, 0) is 24.6 Å². The van der Waals surface area contributed by atoms with Crippen molar-refractivity contribution >= 4 is 40.0 Å². The summed E-state index contributed by atoms with van der Waals surface area (Å²) in [6, 6.07) is 7.21. The van der Waals surface area contributed by atoms with E-state index in [2.05, 4.69) is 15.5 Å². The van der Waals surface area contributed by atoms with E-state index in [0.29, 0.717) is 16.4 Å². The molecule has 0 spiro atoms. The van der Waals surface area contributed by atoms with Gasteiger partial charge in [0.15, 0.2) is 4.96 Å². The number of nitrogens with zero attached hydrogens (tertiary/aromatic N) is 3. The Balaban J connectivity index is 1.77. The lowest BCUT2D eigenvalue weighted by Gasteiger charge is -1.99. The first-order chi connectivity index (χ1) is 10.1. The smallest absolute Gasteiger partial charge is 0.286 e. The molecular formula is C14H11ClN4OS. The van der Waals surface area contributed by atoms with Crippen LogP contribution in [-0.4, -0.2) is 21.5 Å². The standard InChI is InChI=1S/C14H11ClN4OS/c1-9-12(19-5-6-21-14(19)17-9)13(20)18-16-8-10-3-2-4-11(15)7-10/h2-8H,1H3,(H,18,20)/b16-8-. The molecule has 0 unspecified atom stereocenters. The predicted octanol–water partition coefficient (Wildman–Crippen LogP) is 3.12. The fourth-order valence-corrected chi connectivity index (χ4v) is 2.93. The normalized spacial score (nSPS) is 11.3. The highest BCUT2D eigenvalue weighted by atomic mass is 35.5. The Kier molecular flexibility index (Phi) is 3.72. The maximum Gasteiger partial charge on any atom is 0.290 e. The first-order valence-electron chi connectivity index (χ1n) is 6.16. The second-order valence-electron chi connectivity index (χ2n) is 4.36. The number of aromatic nitrogens is 2. The Morgan fingerprint density at radius 3 is 3.19 bits per heavy atom. The summed E-state index contributed by atoms with van der Waals surface area (Å²) in [5, 5.41) is 6.45. The first kappa shape index (κ1) is 13.8. The van der Waals surface area contributed by atoms with Gasteiger partial charge in [-0.3, -0.25) is 9.20 Å². The van der Waals surface area contributed by atoms with Crippen molar-refractivity contribution in [3.8, 4) is 0 Å². The van der Waals surface area contributed by atoms with Gasteiger partial charge in [-0.15, -0.1) is 11.3 Å². The number of amides is 1. The van der Waals surface area contributed by atoms with Gasteiger partial charge in [0.1, 0.15) is 5.69 Å². The fraction of sp³-hybridized carbons (Fsp3) is 0.0714. The molecule has 0 saturated carbocycles. The van der Waals surface area contributed by atoms with Crippen LogP contribution in [0.2, 0.25) is 5.02 Å². The Labute approximate surface area is 129 Å². The molecule has 3 rings (SSSR count). The lowest BCUT2D eigenvalue weighted by atomic mass is 10.2. The maximum atomic E-state index is 12.2. The third-order valence-electron chi connectivity index (χ3n) is 2.88. The van der Waals surface area contributed by atoms with Gasteiger partial charge in [0.05, 0.1) is 11.9 Å². The number of carbonyl (C=O) groups excluding carboxylic acids is 1. The molecule has 5 nitrogen and oxygen atoms in total. The van der Waals surface area contributed by atoms with Gasteiger partial charge in [-0.25, -0.2) is 10.4 Å². The highest BCUT2D eigenvalue weighted by molar-refractivity contribution is 7.15. The number of benzene rings is 1. The predicted molar refractivity (Wildman–Crippen MR) is 84.3 cm³/mol. The van der Waals surface area contributed by atoms with Crippen molar-refractivity contribution in [3.05, 3.63) is 57.8 Å². The number of thiazole rings is 1. The molecule has 2 aromatic heterocycles. The van der Waals surface area contributed by atoms with Crippen molar-refractivity contribution in [1.29, 1.82) is 0 Å². The molecule has 0 radical (unpaired) electrons. The Bertz CT molecular complexity index is 836. The Morgan fingerprint density at radius 2 is 2.38 bits per heavy atom. The number of hydrazone groups is 1. The average Bonchev–Trinajstić information content (AvgIpc) is 2.98. The van der Waals surface area contributed by atoms with Gasteiger partial charge in [-0.2, -0.15) is 5.10 Å². The topological polar surface area (TPSA) is 58.8 Å². The number of hydrogen-bond acceptors (Lipinski definition) is 4. The Morgan fingerprint density at radius 1 is 1.52 bits per heavy atom. The van der Waals surface area contributed by atoms with E-state index in [1.54, 1.807) is 29.7 Å². The average molecular weight is 319 g/mol. The molecule has 0 aliphatic heterocycles. The summed E-state index contributed by atoms with van der Waals surface area (Å²) in [6.07, 6.45) is 3.36. The SMILES string of the molecule is Cc1nc2sccn2c1C(=O)N/N=C\c1cccc(Cl)c1. The van der Waals surface area contributed by atoms with E-state index in [1.165, 1.54) is 11.3 Å². The van der Waals surface area contributed by atoms with Crippen LogP contribution in [0.25, 0.3) is 4.96 Å². The molecule has 0 saturated heterocycles. The van der Waals surface area contributed by atoms with Crippen LogP contribution in [0.4, 0.5) is 0 Å². The van der Waals surface area contributed by atoms with Crippen LogP contribution in [0.5, 0.6) is 0 Å². The van der Waals surface area contributed by atoms with Crippen molar-refractivity contribution < 1.29 is 4.79 Å². The van der Waals surface area contributed by atoms with Gasteiger partial charge in [0.25, 0.3) is 5.91 Å². The maximum absolute atomic E-state index is 12.2. The van der Waals surface area contributed by atoms with E-state index in [1.807, 2.05) is 23.7 Å². The van der Waals surface area contributed by atoms with Crippen molar-refractivity contribution in [2.24, 2.45) is 5.10 Å².